The number of aliphatic carboxylic acids is 1. The number of carbonyl (C=O) groups is 2. The molecule has 0 aliphatic carbocycles. The van der Waals surface area contributed by atoms with E-state index in [0.717, 1.165) is 19.3 Å². The Kier molecular flexibility index (Phi) is 5.42. The summed E-state index contributed by atoms with van der Waals surface area (Å²) in [6.07, 6.45) is 3.18. The number of carboxylic acid groups (broad SMARTS) is 1. The summed E-state index contributed by atoms with van der Waals surface area (Å²) >= 11 is 0. The third-order valence-corrected chi connectivity index (χ3v) is 4.00. The molecule has 0 aromatic rings. The summed E-state index contributed by atoms with van der Waals surface area (Å²) in [6, 6.07) is 0.417. The Labute approximate surface area is 121 Å². The molecule has 0 saturated carbocycles. The van der Waals surface area contributed by atoms with Gasteiger partial charge in [0.25, 0.3) is 0 Å². The van der Waals surface area contributed by atoms with E-state index < -0.39 is 5.97 Å². The quantitative estimate of drug-likeness (QED) is 0.866. The second-order valence-electron chi connectivity index (χ2n) is 6.78. The summed E-state index contributed by atoms with van der Waals surface area (Å²) in [6.45, 7) is 10.3. The van der Waals surface area contributed by atoms with E-state index in [-0.39, 0.29) is 36.6 Å². The number of likely N-dealkylation sites (tertiary alicyclic amines) is 1. The van der Waals surface area contributed by atoms with Gasteiger partial charge in [0, 0.05) is 24.2 Å². The molecule has 1 aliphatic rings. The molecule has 1 aliphatic heterocycles. The Morgan fingerprint density at radius 3 is 2.10 bits per heavy atom. The average Bonchev–Trinajstić information content (AvgIpc) is 2.26. The molecule has 2 amide bonds. The highest BCUT2D eigenvalue weighted by Gasteiger charge is 2.36. The summed E-state index contributed by atoms with van der Waals surface area (Å²) < 4.78 is 0. The molecule has 0 bridgehead atoms. The molecular weight excluding hydrogens is 256 g/mol. The fraction of sp³-hybridized carbons (Fsp3) is 0.867. The standard InChI is InChI=1S/C15H28N2O3/c1-11-7-6-8-12(2)17(11)14(20)16(15(3,4)5)10-9-13(18)19/h11-12H,6-10H2,1-5H3,(H,18,19). The highest BCUT2D eigenvalue weighted by atomic mass is 16.4. The number of hydrogen-bond acceptors (Lipinski definition) is 2. The second kappa shape index (κ2) is 6.46. The van der Waals surface area contributed by atoms with Crippen molar-refractivity contribution in [3.8, 4) is 0 Å². The first-order chi connectivity index (χ1) is 9.14. The molecule has 0 aromatic carbocycles. The van der Waals surface area contributed by atoms with Gasteiger partial charge in [-0.2, -0.15) is 0 Å². The van der Waals surface area contributed by atoms with Gasteiger partial charge in [0.1, 0.15) is 0 Å². The largest absolute Gasteiger partial charge is 0.481 e. The molecule has 5 nitrogen and oxygen atoms in total. The van der Waals surface area contributed by atoms with Gasteiger partial charge in [-0.1, -0.05) is 0 Å². The minimum atomic E-state index is -0.869. The van der Waals surface area contributed by atoms with Gasteiger partial charge < -0.3 is 14.9 Å². The number of nitrogens with zero attached hydrogens (tertiary/aromatic N) is 2. The van der Waals surface area contributed by atoms with Gasteiger partial charge in [-0.3, -0.25) is 4.79 Å². The number of rotatable bonds is 3. The molecule has 20 heavy (non-hydrogen) atoms. The van der Waals surface area contributed by atoms with E-state index in [1.165, 1.54) is 0 Å². The maximum absolute atomic E-state index is 12.8. The first-order valence-corrected chi connectivity index (χ1v) is 7.46. The van der Waals surface area contributed by atoms with E-state index in [4.69, 9.17) is 5.11 Å². The number of amides is 2. The second-order valence-corrected chi connectivity index (χ2v) is 6.78. The molecule has 1 saturated heterocycles. The van der Waals surface area contributed by atoms with Crippen molar-refractivity contribution in [1.82, 2.24) is 9.80 Å². The van der Waals surface area contributed by atoms with Crippen LogP contribution in [0.15, 0.2) is 0 Å². The van der Waals surface area contributed by atoms with Crippen LogP contribution in [0.2, 0.25) is 0 Å². The maximum Gasteiger partial charge on any atom is 0.320 e. The lowest BCUT2D eigenvalue weighted by Crippen LogP contribution is -2.58. The van der Waals surface area contributed by atoms with Crippen molar-refractivity contribution in [1.29, 1.82) is 0 Å². The zero-order valence-corrected chi connectivity index (χ0v) is 13.3. The lowest BCUT2D eigenvalue weighted by molar-refractivity contribution is -0.137. The molecular formula is C15H28N2O3. The first kappa shape index (κ1) is 16.8. The molecule has 1 N–H and O–H groups in total. The van der Waals surface area contributed by atoms with Crippen LogP contribution in [-0.2, 0) is 4.79 Å². The summed E-state index contributed by atoms with van der Waals surface area (Å²) in [7, 11) is 0. The van der Waals surface area contributed by atoms with Gasteiger partial charge in [-0.25, -0.2) is 4.79 Å². The zero-order valence-electron chi connectivity index (χ0n) is 13.3. The van der Waals surface area contributed by atoms with Crippen molar-refractivity contribution in [3.63, 3.8) is 0 Å². The lowest BCUT2D eigenvalue weighted by atomic mass is 9.97. The fourth-order valence-electron chi connectivity index (χ4n) is 2.86. The molecule has 5 heteroatoms. The van der Waals surface area contributed by atoms with Crippen LogP contribution in [0.4, 0.5) is 4.79 Å². The van der Waals surface area contributed by atoms with Crippen LogP contribution < -0.4 is 0 Å². The summed E-state index contributed by atoms with van der Waals surface area (Å²) in [4.78, 5) is 27.3. The average molecular weight is 284 g/mol. The number of hydrogen-bond donors (Lipinski definition) is 1. The summed E-state index contributed by atoms with van der Waals surface area (Å²) in [5, 5.41) is 8.87. The molecule has 1 heterocycles. The van der Waals surface area contributed by atoms with E-state index in [2.05, 4.69) is 13.8 Å². The van der Waals surface area contributed by atoms with Crippen LogP contribution in [0.3, 0.4) is 0 Å². The smallest absolute Gasteiger partial charge is 0.320 e. The third kappa shape index (κ3) is 4.12. The highest BCUT2D eigenvalue weighted by Crippen LogP contribution is 2.26. The number of urea groups is 1. The Bertz CT molecular complexity index is 353. The van der Waals surface area contributed by atoms with E-state index in [1.54, 1.807) is 4.90 Å². The van der Waals surface area contributed by atoms with E-state index in [1.807, 2.05) is 25.7 Å². The molecule has 1 rings (SSSR count). The van der Waals surface area contributed by atoms with Crippen LogP contribution in [-0.4, -0.2) is 51.1 Å². The van der Waals surface area contributed by atoms with Crippen molar-refractivity contribution < 1.29 is 14.7 Å². The van der Waals surface area contributed by atoms with Crippen LogP contribution in [0.1, 0.15) is 60.3 Å². The monoisotopic (exact) mass is 284 g/mol. The van der Waals surface area contributed by atoms with Crippen molar-refractivity contribution in [2.45, 2.75) is 77.9 Å². The van der Waals surface area contributed by atoms with Crippen molar-refractivity contribution in [2.24, 2.45) is 0 Å². The fourth-order valence-corrected chi connectivity index (χ4v) is 2.86. The molecule has 2 atom stereocenters. The van der Waals surface area contributed by atoms with Gasteiger partial charge in [0.15, 0.2) is 0 Å². The number of carboxylic acids is 1. The Balaban J connectivity index is 2.88. The van der Waals surface area contributed by atoms with Gasteiger partial charge in [0.2, 0.25) is 0 Å². The summed E-state index contributed by atoms with van der Waals surface area (Å²) in [5.41, 5.74) is -0.372. The van der Waals surface area contributed by atoms with Crippen molar-refractivity contribution in [3.05, 3.63) is 0 Å². The summed E-state index contributed by atoms with van der Waals surface area (Å²) in [5.74, 6) is -0.869. The predicted octanol–water partition coefficient (Wildman–Crippen LogP) is 2.94. The van der Waals surface area contributed by atoms with Gasteiger partial charge >= 0.3 is 12.0 Å². The molecule has 0 radical (unpaired) electrons. The number of carbonyl (C=O) groups excluding carboxylic acids is 1. The van der Waals surface area contributed by atoms with Crippen LogP contribution in [0.5, 0.6) is 0 Å². The molecule has 116 valence electrons. The molecule has 0 aromatic heterocycles. The molecule has 1 fully saturated rings. The first-order valence-electron chi connectivity index (χ1n) is 7.46. The minimum absolute atomic E-state index is 0.0143. The Morgan fingerprint density at radius 1 is 1.20 bits per heavy atom. The van der Waals surface area contributed by atoms with E-state index in [0.29, 0.717) is 0 Å². The van der Waals surface area contributed by atoms with Crippen LogP contribution in [0, 0.1) is 0 Å². The Morgan fingerprint density at radius 2 is 1.70 bits per heavy atom. The SMILES string of the molecule is CC1CCCC(C)N1C(=O)N(CCC(=O)O)C(C)(C)C. The highest BCUT2D eigenvalue weighted by molar-refractivity contribution is 5.77. The minimum Gasteiger partial charge on any atom is -0.481 e. The zero-order chi connectivity index (χ0) is 15.5. The predicted molar refractivity (Wildman–Crippen MR) is 78.7 cm³/mol. The van der Waals surface area contributed by atoms with Gasteiger partial charge in [-0.05, 0) is 53.9 Å². The lowest BCUT2D eigenvalue weighted by Gasteiger charge is -2.45. The van der Waals surface area contributed by atoms with E-state index in [9.17, 15) is 9.59 Å². The number of piperidine rings is 1. The van der Waals surface area contributed by atoms with Crippen LogP contribution >= 0.6 is 0 Å². The van der Waals surface area contributed by atoms with Crippen molar-refractivity contribution in [2.75, 3.05) is 6.54 Å². The van der Waals surface area contributed by atoms with Crippen molar-refractivity contribution >= 4 is 12.0 Å². The Hall–Kier alpha value is -1.26. The molecule has 2 unspecified atom stereocenters. The topological polar surface area (TPSA) is 60.9 Å². The van der Waals surface area contributed by atoms with Gasteiger partial charge in [0.05, 0.1) is 6.42 Å². The molecule has 0 spiro atoms. The van der Waals surface area contributed by atoms with Crippen LogP contribution in [0.25, 0.3) is 0 Å². The normalized spacial score (nSPS) is 23.6. The maximum atomic E-state index is 12.8. The third-order valence-electron chi connectivity index (χ3n) is 4.00. The van der Waals surface area contributed by atoms with Gasteiger partial charge in [-0.15, -0.1) is 0 Å². The van der Waals surface area contributed by atoms with E-state index >= 15 is 0 Å².